The van der Waals surface area contributed by atoms with Crippen LogP contribution in [0, 0.1) is 0 Å². The van der Waals surface area contributed by atoms with Crippen LogP contribution in [-0.4, -0.2) is 49.4 Å². The summed E-state index contributed by atoms with van der Waals surface area (Å²) in [7, 11) is 1.55. The molecule has 0 bridgehead atoms. The SMILES string of the molecule is CN=C(NCCN1C(=O)c2ccccc2C1=O)NCc1ccccc1OC(F)F.I. The minimum absolute atomic E-state index is 0. The summed E-state index contributed by atoms with van der Waals surface area (Å²) in [5, 5.41) is 5.99. The van der Waals surface area contributed by atoms with Crippen LogP contribution in [0.4, 0.5) is 8.78 Å². The summed E-state index contributed by atoms with van der Waals surface area (Å²) in [6, 6.07) is 13.1. The summed E-state index contributed by atoms with van der Waals surface area (Å²) in [6.45, 7) is -2.26. The quantitative estimate of drug-likeness (QED) is 0.249. The van der Waals surface area contributed by atoms with E-state index in [1.54, 1.807) is 49.5 Å². The molecule has 30 heavy (non-hydrogen) atoms. The summed E-state index contributed by atoms with van der Waals surface area (Å²) >= 11 is 0. The van der Waals surface area contributed by atoms with Crippen molar-refractivity contribution in [1.82, 2.24) is 15.5 Å². The highest BCUT2D eigenvalue weighted by Gasteiger charge is 2.34. The van der Waals surface area contributed by atoms with Gasteiger partial charge in [0.1, 0.15) is 5.75 Å². The van der Waals surface area contributed by atoms with E-state index in [-0.39, 0.29) is 61.2 Å². The van der Waals surface area contributed by atoms with Gasteiger partial charge in [-0.3, -0.25) is 19.5 Å². The number of rotatable bonds is 7. The molecule has 0 saturated heterocycles. The Balaban J connectivity index is 0.00000320. The summed E-state index contributed by atoms with van der Waals surface area (Å²) in [5.74, 6) is -0.174. The zero-order valence-corrected chi connectivity index (χ0v) is 18.4. The number of guanidine groups is 1. The van der Waals surface area contributed by atoms with Gasteiger partial charge in [0.2, 0.25) is 0 Å². The Morgan fingerprint density at radius 3 is 2.23 bits per heavy atom. The number of nitrogens with one attached hydrogen (secondary N) is 2. The second-order valence-corrected chi connectivity index (χ2v) is 6.15. The fraction of sp³-hybridized carbons (Fsp3) is 0.250. The molecule has 2 amide bonds. The number of alkyl halides is 2. The van der Waals surface area contributed by atoms with Crippen molar-refractivity contribution in [1.29, 1.82) is 0 Å². The standard InChI is InChI=1S/C20H20F2N4O3.HI/c1-23-20(25-12-13-6-2-5-9-16(13)29-19(21)22)24-10-11-26-17(27)14-7-3-4-8-15(14)18(26)28;/h2-9,19H,10-12H2,1H3,(H2,23,24,25);1H. The van der Waals surface area contributed by atoms with Gasteiger partial charge < -0.3 is 15.4 Å². The second-order valence-electron chi connectivity index (χ2n) is 6.15. The fourth-order valence-corrected chi connectivity index (χ4v) is 2.99. The van der Waals surface area contributed by atoms with Crippen LogP contribution in [0.15, 0.2) is 53.5 Å². The lowest BCUT2D eigenvalue weighted by Crippen LogP contribution is -2.42. The van der Waals surface area contributed by atoms with E-state index in [0.717, 1.165) is 0 Å². The van der Waals surface area contributed by atoms with Gasteiger partial charge in [0.25, 0.3) is 11.8 Å². The summed E-state index contributed by atoms with van der Waals surface area (Å²) in [5.41, 5.74) is 1.34. The smallest absolute Gasteiger partial charge is 0.387 e. The second kappa shape index (κ2) is 10.9. The number of nitrogens with zero attached hydrogens (tertiary/aromatic N) is 2. The summed E-state index contributed by atoms with van der Waals surface area (Å²) in [6.07, 6.45) is 0. The molecular weight excluding hydrogens is 509 g/mol. The number of aliphatic imine (C=N–C) groups is 1. The molecule has 0 unspecified atom stereocenters. The van der Waals surface area contributed by atoms with Crippen molar-refractivity contribution in [2.45, 2.75) is 13.2 Å². The molecule has 0 aromatic heterocycles. The summed E-state index contributed by atoms with van der Waals surface area (Å²) in [4.78, 5) is 29.9. The molecule has 2 N–H and O–H groups in total. The molecule has 0 spiro atoms. The molecule has 0 atom stereocenters. The van der Waals surface area contributed by atoms with Gasteiger partial charge in [-0.15, -0.1) is 24.0 Å². The molecule has 1 aliphatic rings. The van der Waals surface area contributed by atoms with Gasteiger partial charge in [-0.1, -0.05) is 30.3 Å². The van der Waals surface area contributed by atoms with E-state index >= 15 is 0 Å². The lowest BCUT2D eigenvalue weighted by molar-refractivity contribution is -0.0504. The maximum Gasteiger partial charge on any atom is 0.387 e. The number of amides is 2. The lowest BCUT2D eigenvalue weighted by atomic mass is 10.1. The molecule has 0 saturated carbocycles. The first-order chi connectivity index (χ1) is 14.0. The molecule has 0 fully saturated rings. The van der Waals surface area contributed by atoms with Gasteiger partial charge in [0.05, 0.1) is 11.1 Å². The Labute approximate surface area is 189 Å². The van der Waals surface area contributed by atoms with E-state index in [9.17, 15) is 18.4 Å². The Kier molecular flexibility index (Phi) is 8.51. The third-order valence-electron chi connectivity index (χ3n) is 4.36. The van der Waals surface area contributed by atoms with Crippen molar-refractivity contribution in [3.05, 3.63) is 65.2 Å². The lowest BCUT2D eigenvalue weighted by Gasteiger charge is -2.17. The average Bonchev–Trinajstić information content (AvgIpc) is 2.96. The van der Waals surface area contributed by atoms with Crippen LogP contribution in [0.1, 0.15) is 26.3 Å². The first kappa shape index (κ1) is 23.5. The van der Waals surface area contributed by atoms with Crippen LogP contribution in [0.25, 0.3) is 0 Å². The number of carbonyl (C=O) groups excluding carboxylic acids is 2. The van der Waals surface area contributed by atoms with Crippen molar-refractivity contribution in [3.63, 3.8) is 0 Å². The average molecular weight is 530 g/mol. The molecular formula is C20H21F2IN4O3. The van der Waals surface area contributed by atoms with Crippen molar-refractivity contribution >= 4 is 41.8 Å². The molecule has 1 heterocycles. The monoisotopic (exact) mass is 530 g/mol. The Bertz CT molecular complexity index is 905. The maximum atomic E-state index is 12.5. The molecule has 160 valence electrons. The van der Waals surface area contributed by atoms with E-state index in [1.165, 1.54) is 11.0 Å². The molecule has 1 aliphatic heterocycles. The van der Waals surface area contributed by atoms with Crippen LogP contribution in [-0.2, 0) is 6.54 Å². The van der Waals surface area contributed by atoms with Crippen molar-refractivity contribution in [2.24, 2.45) is 4.99 Å². The largest absolute Gasteiger partial charge is 0.434 e. The van der Waals surface area contributed by atoms with Crippen LogP contribution < -0.4 is 15.4 Å². The molecule has 0 aliphatic carbocycles. The third kappa shape index (κ3) is 5.43. The number of para-hydroxylation sites is 1. The minimum Gasteiger partial charge on any atom is -0.434 e. The van der Waals surface area contributed by atoms with Crippen LogP contribution in [0.5, 0.6) is 5.75 Å². The highest BCUT2D eigenvalue weighted by Crippen LogP contribution is 2.22. The molecule has 10 heteroatoms. The number of carbonyl (C=O) groups is 2. The first-order valence-corrected chi connectivity index (χ1v) is 8.93. The van der Waals surface area contributed by atoms with Crippen molar-refractivity contribution in [3.8, 4) is 5.75 Å². The highest BCUT2D eigenvalue weighted by molar-refractivity contribution is 14.0. The minimum atomic E-state index is -2.91. The van der Waals surface area contributed by atoms with Crippen LogP contribution in [0.2, 0.25) is 0 Å². The Morgan fingerprint density at radius 2 is 1.63 bits per heavy atom. The Hall–Kier alpha value is -2.76. The molecule has 7 nitrogen and oxygen atoms in total. The van der Waals surface area contributed by atoms with Gasteiger partial charge in [0, 0.05) is 32.2 Å². The van der Waals surface area contributed by atoms with Gasteiger partial charge in [-0.2, -0.15) is 8.78 Å². The van der Waals surface area contributed by atoms with Crippen molar-refractivity contribution < 1.29 is 23.1 Å². The van der Waals surface area contributed by atoms with E-state index in [2.05, 4.69) is 20.4 Å². The Morgan fingerprint density at radius 1 is 1.03 bits per heavy atom. The van der Waals surface area contributed by atoms with E-state index in [4.69, 9.17) is 0 Å². The predicted octanol–water partition coefficient (Wildman–Crippen LogP) is 2.87. The number of benzene rings is 2. The van der Waals surface area contributed by atoms with Gasteiger partial charge in [0.15, 0.2) is 5.96 Å². The van der Waals surface area contributed by atoms with Gasteiger partial charge >= 0.3 is 6.61 Å². The van der Waals surface area contributed by atoms with E-state index in [1.807, 2.05) is 0 Å². The molecule has 3 rings (SSSR count). The zero-order chi connectivity index (χ0) is 20.8. The van der Waals surface area contributed by atoms with Crippen LogP contribution in [0.3, 0.4) is 0 Å². The number of hydrogen-bond donors (Lipinski definition) is 2. The summed E-state index contributed by atoms with van der Waals surface area (Å²) < 4.78 is 29.5. The zero-order valence-electron chi connectivity index (χ0n) is 16.1. The van der Waals surface area contributed by atoms with E-state index < -0.39 is 6.61 Å². The fourth-order valence-electron chi connectivity index (χ4n) is 2.99. The third-order valence-corrected chi connectivity index (χ3v) is 4.36. The van der Waals surface area contributed by atoms with Crippen LogP contribution >= 0.6 is 24.0 Å². The number of fused-ring (bicyclic) bond motifs is 1. The maximum absolute atomic E-state index is 12.5. The van der Waals surface area contributed by atoms with Gasteiger partial charge in [-0.05, 0) is 18.2 Å². The normalized spacial score (nSPS) is 13.2. The predicted molar refractivity (Wildman–Crippen MR) is 118 cm³/mol. The number of hydrogen-bond acceptors (Lipinski definition) is 4. The van der Waals surface area contributed by atoms with Crippen molar-refractivity contribution in [2.75, 3.05) is 20.1 Å². The van der Waals surface area contributed by atoms with Gasteiger partial charge in [-0.25, -0.2) is 0 Å². The first-order valence-electron chi connectivity index (χ1n) is 8.93. The number of ether oxygens (including phenoxy) is 1. The van der Waals surface area contributed by atoms with E-state index in [0.29, 0.717) is 22.6 Å². The molecule has 2 aromatic carbocycles. The molecule has 0 radical (unpaired) electrons. The number of halogens is 3. The topological polar surface area (TPSA) is 83.0 Å². The number of imide groups is 1. The molecule has 2 aromatic rings. The highest BCUT2D eigenvalue weighted by atomic mass is 127.